The van der Waals surface area contributed by atoms with Crippen LogP contribution in [0.3, 0.4) is 0 Å². The van der Waals surface area contributed by atoms with Gasteiger partial charge >= 0.3 is 5.63 Å². The molecule has 4 heteroatoms. The number of hydrogen-bond acceptors (Lipinski definition) is 4. The molecule has 0 saturated carbocycles. The number of nitrogens with zero attached hydrogens (tertiary/aromatic N) is 1. The predicted octanol–water partition coefficient (Wildman–Crippen LogP) is 2.79. The Balaban J connectivity index is 2.50. The monoisotopic (exact) mass is 243 g/mol. The molecule has 0 aliphatic carbocycles. The van der Waals surface area contributed by atoms with E-state index in [0.717, 1.165) is 5.69 Å². The van der Waals surface area contributed by atoms with E-state index in [4.69, 9.17) is 0 Å². The van der Waals surface area contributed by atoms with Gasteiger partial charge in [-0.25, -0.2) is 4.79 Å². The van der Waals surface area contributed by atoms with Crippen molar-refractivity contribution >= 4 is 11.4 Å². The standard InChI is InChI=1S/C14H13NO3/c1-9-8-12(16)18-14(17)13(9)10(2)15-11-6-4-3-5-7-11/h3-8,17H,1-2H3. The number of para-hydroxylation sites is 1. The lowest BCUT2D eigenvalue weighted by Crippen LogP contribution is -2.05. The summed E-state index contributed by atoms with van der Waals surface area (Å²) in [5.41, 5.74) is 1.90. The number of aromatic hydroxyl groups is 1. The highest BCUT2D eigenvalue weighted by Gasteiger charge is 2.12. The zero-order valence-electron chi connectivity index (χ0n) is 10.2. The first-order valence-electron chi connectivity index (χ1n) is 5.52. The van der Waals surface area contributed by atoms with Gasteiger partial charge in [0.05, 0.1) is 17.0 Å². The maximum atomic E-state index is 11.1. The van der Waals surface area contributed by atoms with E-state index >= 15 is 0 Å². The lowest BCUT2D eigenvalue weighted by molar-refractivity contribution is 0.308. The van der Waals surface area contributed by atoms with Gasteiger partial charge in [-0.15, -0.1) is 0 Å². The van der Waals surface area contributed by atoms with Gasteiger partial charge in [-0.2, -0.15) is 0 Å². The molecule has 2 aromatic rings. The van der Waals surface area contributed by atoms with Crippen molar-refractivity contribution in [3.63, 3.8) is 0 Å². The molecule has 18 heavy (non-hydrogen) atoms. The van der Waals surface area contributed by atoms with Gasteiger partial charge in [0.1, 0.15) is 0 Å². The summed E-state index contributed by atoms with van der Waals surface area (Å²) < 4.78 is 4.67. The van der Waals surface area contributed by atoms with Gasteiger partial charge < -0.3 is 9.52 Å². The van der Waals surface area contributed by atoms with E-state index in [9.17, 15) is 9.90 Å². The fourth-order valence-electron chi connectivity index (χ4n) is 1.79. The normalized spacial score (nSPS) is 11.6. The van der Waals surface area contributed by atoms with Crippen LogP contribution in [0.1, 0.15) is 18.1 Å². The molecule has 1 N–H and O–H groups in total. The minimum Gasteiger partial charge on any atom is -0.480 e. The summed E-state index contributed by atoms with van der Waals surface area (Å²) in [6, 6.07) is 10.7. The van der Waals surface area contributed by atoms with Crippen molar-refractivity contribution in [2.45, 2.75) is 13.8 Å². The third-order valence-corrected chi connectivity index (χ3v) is 2.55. The van der Waals surface area contributed by atoms with Crippen LogP contribution in [0, 0.1) is 6.92 Å². The zero-order valence-corrected chi connectivity index (χ0v) is 10.2. The fourth-order valence-corrected chi connectivity index (χ4v) is 1.79. The molecule has 0 aliphatic rings. The second kappa shape index (κ2) is 4.87. The molecule has 92 valence electrons. The third-order valence-electron chi connectivity index (χ3n) is 2.55. The molecule has 4 nitrogen and oxygen atoms in total. The van der Waals surface area contributed by atoms with Crippen molar-refractivity contribution in [2.24, 2.45) is 4.99 Å². The summed E-state index contributed by atoms with van der Waals surface area (Å²) >= 11 is 0. The molecule has 0 atom stereocenters. The molecule has 1 aromatic heterocycles. The van der Waals surface area contributed by atoms with Crippen LogP contribution in [0.4, 0.5) is 5.69 Å². The van der Waals surface area contributed by atoms with Crippen molar-refractivity contribution in [1.29, 1.82) is 0 Å². The third kappa shape index (κ3) is 2.48. The smallest absolute Gasteiger partial charge is 0.338 e. The quantitative estimate of drug-likeness (QED) is 0.825. The highest BCUT2D eigenvalue weighted by Crippen LogP contribution is 2.21. The van der Waals surface area contributed by atoms with E-state index in [1.807, 2.05) is 30.3 Å². The summed E-state index contributed by atoms with van der Waals surface area (Å²) in [6.07, 6.45) is 0. The largest absolute Gasteiger partial charge is 0.480 e. The summed E-state index contributed by atoms with van der Waals surface area (Å²) in [6.45, 7) is 3.49. The van der Waals surface area contributed by atoms with E-state index in [1.54, 1.807) is 13.8 Å². The average Bonchev–Trinajstić information content (AvgIpc) is 2.28. The number of hydrogen-bond donors (Lipinski definition) is 1. The molecule has 0 radical (unpaired) electrons. The molecule has 0 bridgehead atoms. The summed E-state index contributed by atoms with van der Waals surface area (Å²) in [4.78, 5) is 15.5. The van der Waals surface area contributed by atoms with Crippen LogP contribution in [-0.2, 0) is 0 Å². The topological polar surface area (TPSA) is 62.8 Å². The molecule has 1 aromatic carbocycles. The average molecular weight is 243 g/mol. The molecule has 0 spiro atoms. The minimum atomic E-state index is -0.568. The summed E-state index contributed by atoms with van der Waals surface area (Å²) in [7, 11) is 0. The van der Waals surface area contributed by atoms with E-state index in [2.05, 4.69) is 9.41 Å². The van der Waals surface area contributed by atoms with Gasteiger partial charge in [0.15, 0.2) is 0 Å². The molecular formula is C14H13NO3. The molecule has 0 fully saturated rings. The minimum absolute atomic E-state index is 0.391. The van der Waals surface area contributed by atoms with Crippen LogP contribution in [0.2, 0.25) is 0 Å². The Kier molecular flexibility index (Phi) is 3.28. The predicted molar refractivity (Wildman–Crippen MR) is 69.7 cm³/mol. The van der Waals surface area contributed by atoms with Crippen molar-refractivity contribution in [2.75, 3.05) is 0 Å². The van der Waals surface area contributed by atoms with E-state index in [0.29, 0.717) is 16.8 Å². The van der Waals surface area contributed by atoms with Crippen molar-refractivity contribution < 1.29 is 9.52 Å². The van der Waals surface area contributed by atoms with Crippen molar-refractivity contribution in [1.82, 2.24) is 0 Å². The van der Waals surface area contributed by atoms with Crippen LogP contribution in [0.25, 0.3) is 0 Å². The van der Waals surface area contributed by atoms with Crippen LogP contribution in [0.15, 0.2) is 50.6 Å². The first kappa shape index (κ1) is 12.1. The second-order valence-corrected chi connectivity index (χ2v) is 3.96. The number of rotatable bonds is 2. The fraction of sp³-hybridized carbons (Fsp3) is 0.143. The molecule has 2 rings (SSSR count). The van der Waals surface area contributed by atoms with E-state index in [1.165, 1.54) is 6.07 Å². The molecular weight excluding hydrogens is 230 g/mol. The SMILES string of the molecule is CC(=Nc1ccccc1)c1c(C)cc(=O)oc1O. The zero-order chi connectivity index (χ0) is 13.1. The van der Waals surface area contributed by atoms with Crippen LogP contribution >= 0.6 is 0 Å². The Hall–Kier alpha value is -2.36. The Labute approximate surface area is 104 Å². The van der Waals surface area contributed by atoms with Gasteiger partial charge in [-0.3, -0.25) is 4.99 Å². The molecule has 0 aliphatic heterocycles. The maximum Gasteiger partial charge on any atom is 0.338 e. The molecule has 0 amide bonds. The van der Waals surface area contributed by atoms with E-state index in [-0.39, 0.29) is 0 Å². The van der Waals surface area contributed by atoms with Gasteiger partial charge in [0, 0.05) is 6.07 Å². The Morgan fingerprint density at radius 2 is 1.94 bits per heavy atom. The number of benzene rings is 1. The number of aliphatic imine (C=N–C) groups is 1. The van der Waals surface area contributed by atoms with E-state index < -0.39 is 11.6 Å². The van der Waals surface area contributed by atoms with Gasteiger partial charge in [0.2, 0.25) is 0 Å². The van der Waals surface area contributed by atoms with Gasteiger partial charge in [-0.1, -0.05) is 18.2 Å². The Morgan fingerprint density at radius 3 is 2.56 bits per heavy atom. The summed E-state index contributed by atoms with van der Waals surface area (Å²) in [5.74, 6) is -0.391. The van der Waals surface area contributed by atoms with Crippen LogP contribution < -0.4 is 5.63 Å². The molecule has 1 heterocycles. The lowest BCUT2D eigenvalue weighted by atomic mass is 10.1. The van der Waals surface area contributed by atoms with Crippen LogP contribution in [0.5, 0.6) is 5.95 Å². The highest BCUT2D eigenvalue weighted by molar-refractivity contribution is 6.02. The maximum absolute atomic E-state index is 11.1. The van der Waals surface area contributed by atoms with Crippen molar-refractivity contribution in [3.05, 3.63) is 57.9 Å². The molecule has 0 unspecified atom stereocenters. The van der Waals surface area contributed by atoms with Crippen molar-refractivity contribution in [3.8, 4) is 5.95 Å². The lowest BCUT2D eigenvalue weighted by Gasteiger charge is -2.05. The second-order valence-electron chi connectivity index (χ2n) is 3.96. The molecule has 0 saturated heterocycles. The summed E-state index contributed by atoms with van der Waals surface area (Å²) in [5, 5.41) is 9.67. The number of aryl methyl sites for hydroxylation is 1. The highest BCUT2D eigenvalue weighted by atomic mass is 16.5. The van der Waals surface area contributed by atoms with Gasteiger partial charge in [0.25, 0.3) is 5.95 Å². The van der Waals surface area contributed by atoms with Crippen LogP contribution in [-0.4, -0.2) is 10.8 Å². The van der Waals surface area contributed by atoms with Gasteiger partial charge in [-0.05, 0) is 31.5 Å². The Bertz CT molecular complexity index is 616. The first-order chi connectivity index (χ1) is 8.58. The Morgan fingerprint density at radius 1 is 1.28 bits per heavy atom. The first-order valence-corrected chi connectivity index (χ1v) is 5.52.